The van der Waals surface area contributed by atoms with E-state index < -0.39 is 17.0 Å². The zero-order valence-electron chi connectivity index (χ0n) is 16.7. The van der Waals surface area contributed by atoms with Gasteiger partial charge in [0, 0.05) is 18.0 Å². The van der Waals surface area contributed by atoms with E-state index in [1.807, 2.05) is 67.6 Å². The van der Waals surface area contributed by atoms with Crippen LogP contribution in [0.3, 0.4) is 0 Å². The van der Waals surface area contributed by atoms with Crippen LogP contribution in [0, 0.1) is 17.6 Å². The molecule has 1 aliphatic rings. The number of nitrogens with one attached hydrogen (secondary N) is 2. The van der Waals surface area contributed by atoms with Crippen molar-refractivity contribution in [2.75, 3.05) is 6.54 Å². The van der Waals surface area contributed by atoms with Gasteiger partial charge in [-0.15, -0.1) is 0 Å². The molecule has 0 heterocycles. The summed E-state index contributed by atoms with van der Waals surface area (Å²) in [5.41, 5.74) is 1.90. The Labute approximate surface area is 175 Å². The van der Waals surface area contributed by atoms with Crippen LogP contribution >= 0.6 is 0 Å². The molecule has 2 unspecified atom stereocenters. The molecule has 0 saturated heterocycles. The smallest absolute Gasteiger partial charge is 0.315 e. The Kier molecular flexibility index (Phi) is 5.53. The molecule has 5 heteroatoms. The molecule has 0 radical (unpaired) electrons. The first kappa shape index (κ1) is 20.1. The second-order valence-electron chi connectivity index (χ2n) is 7.97. The summed E-state index contributed by atoms with van der Waals surface area (Å²) in [5.74, 6) is -0.955. The average molecular weight is 406 g/mol. The fraction of sp³-hybridized carbons (Fsp3) is 0.240. The number of halogens is 2. The fourth-order valence-corrected chi connectivity index (χ4v) is 4.17. The number of hydrogen-bond acceptors (Lipinski definition) is 1. The molecule has 1 aliphatic carbocycles. The van der Waals surface area contributed by atoms with Crippen molar-refractivity contribution < 1.29 is 13.6 Å². The number of carbonyl (C=O) groups excluding carboxylic acids is 1. The van der Waals surface area contributed by atoms with Gasteiger partial charge in [0.05, 0.1) is 6.04 Å². The van der Waals surface area contributed by atoms with Crippen molar-refractivity contribution >= 4 is 6.03 Å². The summed E-state index contributed by atoms with van der Waals surface area (Å²) in [5, 5.41) is 5.95. The van der Waals surface area contributed by atoms with Crippen LogP contribution in [0.5, 0.6) is 0 Å². The number of rotatable bonds is 6. The molecule has 0 aliphatic heterocycles. The predicted octanol–water partition coefficient (Wildman–Crippen LogP) is 5.33. The van der Waals surface area contributed by atoms with Crippen molar-refractivity contribution in [1.29, 1.82) is 0 Å². The molecule has 3 aromatic carbocycles. The Hall–Kier alpha value is -3.21. The van der Waals surface area contributed by atoms with E-state index in [4.69, 9.17) is 0 Å². The first-order valence-electron chi connectivity index (χ1n) is 10.1. The minimum Gasteiger partial charge on any atom is -0.337 e. The van der Waals surface area contributed by atoms with Crippen LogP contribution in [0.2, 0.25) is 0 Å². The molecular weight excluding hydrogens is 382 g/mol. The lowest BCUT2D eigenvalue weighted by Crippen LogP contribution is -2.42. The maximum atomic E-state index is 14.4. The van der Waals surface area contributed by atoms with Gasteiger partial charge in [-0.05, 0) is 35.1 Å². The first-order valence-corrected chi connectivity index (χ1v) is 10.1. The molecule has 3 nitrogen and oxygen atoms in total. The Morgan fingerprint density at radius 1 is 1.00 bits per heavy atom. The highest BCUT2D eigenvalue weighted by Crippen LogP contribution is 2.54. The molecule has 30 heavy (non-hydrogen) atoms. The van der Waals surface area contributed by atoms with Gasteiger partial charge in [0.1, 0.15) is 11.6 Å². The van der Waals surface area contributed by atoms with Gasteiger partial charge in [-0.2, -0.15) is 0 Å². The lowest BCUT2D eigenvalue weighted by molar-refractivity contribution is 0.237. The van der Waals surface area contributed by atoms with Gasteiger partial charge < -0.3 is 10.6 Å². The molecule has 2 N–H and O–H groups in total. The fourth-order valence-electron chi connectivity index (χ4n) is 4.17. The monoisotopic (exact) mass is 406 g/mol. The summed E-state index contributed by atoms with van der Waals surface area (Å²) >= 11 is 0. The molecule has 2 amide bonds. The van der Waals surface area contributed by atoms with Crippen molar-refractivity contribution in [2.24, 2.45) is 5.92 Å². The van der Waals surface area contributed by atoms with Gasteiger partial charge in [-0.1, -0.05) is 73.7 Å². The summed E-state index contributed by atoms with van der Waals surface area (Å²) in [6.45, 7) is 2.30. The van der Waals surface area contributed by atoms with E-state index in [2.05, 4.69) is 10.6 Å². The van der Waals surface area contributed by atoms with E-state index in [1.54, 1.807) is 0 Å². The lowest BCUT2D eigenvalue weighted by atomic mass is 9.92. The highest BCUT2D eigenvalue weighted by Gasteiger charge is 2.53. The van der Waals surface area contributed by atoms with Gasteiger partial charge in [0.2, 0.25) is 0 Å². The minimum atomic E-state index is -0.598. The lowest BCUT2D eigenvalue weighted by Gasteiger charge is -2.23. The van der Waals surface area contributed by atoms with Crippen molar-refractivity contribution in [3.63, 3.8) is 0 Å². The third-order valence-electron chi connectivity index (χ3n) is 6.03. The normalized spacial score (nSPS) is 20.1. The van der Waals surface area contributed by atoms with Crippen molar-refractivity contribution in [3.8, 4) is 0 Å². The summed E-state index contributed by atoms with van der Waals surface area (Å²) in [6, 6.07) is 22.5. The molecule has 1 fully saturated rings. The largest absolute Gasteiger partial charge is 0.337 e. The molecule has 3 aromatic rings. The van der Waals surface area contributed by atoms with Crippen LogP contribution in [-0.2, 0) is 5.41 Å². The molecular formula is C25H24F2N2O. The maximum Gasteiger partial charge on any atom is 0.315 e. The average Bonchev–Trinajstić information content (AvgIpc) is 3.42. The summed E-state index contributed by atoms with van der Waals surface area (Å²) in [6.07, 6.45) is 0.747. The Balaban J connectivity index is 1.49. The minimum absolute atomic E-state index is 0.205. The van der Waals surface area contributed by atoms with Crippen LogP contribution in [0.15, 0.2) is 78.9 Å². The topological polar surface area (TPSA) is 41.1 Å². The van der Waals surface area contributed by atoms with E-state index in [-0.39, 0.29) is 18.0 Å². The highest BCUT2D eigenvalue weighted by atomic mass is 19.1. The van der Waals surface area contributed by atoms with E-state index in [9.17, 15) is 13.6 Å². The van der Waals surface area contributed by atoms with Gasteiger partial charge in [-0.25, -0.2) is 13.6 Å². The number of benzene rings is 3. The predicted molar refractivity (Wildman–Crippen MR) is 113 cm³/mol. The van der Waals surface area contributed by atoms with Crippen LogP contribution < -0.4 is 10.6 Å². The Morgan fingerprint density at radius 2 is 1.57 bits per heavy atom. The second kappa shape index (κ2) is 8.27. The number of urea groups is 1. The summed E-state index contributed by atoms with van der Waals surface area (Å²) in [7, 11) is 0. The van der Waals surface area contributed by atoms with Crippen molar-refractivity contribution in [3.05, 3.63) is 107 Å². The van der Waals surface area contributed by atoms with Crippen LogP contribution in [0.1, 0.15) is 36.1 Å². The molecule has 0 aromatic heterocycles. The van der Waals surface area contributed by atoms with Crippen LogP contribution in [0.25, 0.3) is 0 Å². The standard InChI is InChI=1S/C25H24F2N2O/c1-17-15-25(17,21-13-12-20(26)14-22(21)27)16-28-24(30)29-23(18-8-4-2-5-9-18)19-10-6-3-7-11-19/h2-14,17,23H,15-16H2,1H3,(H2,28,29,30). The van der Waals surface area contributed by atoms with Crippen molar-refractivity contribution in [1.82, 2.24) is 10.6 Å². The zero-order chi connectivity index (χ0) is 21.1. The van der Waals surface area contributed by atoms with Gasteiger partial charge >= 0.3 is 6.03 Å². The molecule has 4 rings (SSSR count). The number of carbonyl (C=O) groups is 1. The third-order valence-corrected chi connectivity index (χ3v) is 6.03. The molecule has 0 spiro atoms. The molecule has 154 valence electrons. The van der Waals surface area contributed by atoms with Gasteiger partial charge in [0.15, 0.2) is 0 Å². The Bertz CT molecular complexity index is 986. The molecule has 1 saturated carbocycles. The number of amides is 2. The molecule has 0 bridgehead atoms. The number of hydrogen-bond donors (Lipinski definition) is 2. The summed E-state index contributed by atoms with van der Waals surface area (Å²) in [4.78, 5) is 12.8. The second-order valence-corrected chi connectivity index (χ2v) is 7.97. The van der Waals surface area contributed by atoms with E-state index in [1.165, 1.54) is 12.1 Å². The van der Waals surface area contributed by atoms with Gasteiger partial charge in [0.25, 0.3) is 0 Å². The summed E-state index contributed by atoms with van der Waals surface area (Å²) < 4.78 is 27.7. The van der Waals surface area contributed by atoms with Crippen molar-refractivity contribution in [2.45, 2.75) is 24.8 Å². The van der Waals surface area contributed by atoms with Crippen LogP contribution in [0.4, 0.5) is 13.6 Å². The highest BCUT2D eigenvalue weighted by molar-refractivity contribution is 5.75. The SMILES string of the molecule is CC1CC1(CNC(=O)NC(c1ccccc1)c1ccccc1)c1ccc(F)cc1F. The quantitative estimate of drug-likeness (QED) is 0.571. The van der Waals surface area contributed by atoms with E-state index in [0.717, 1.165) is 23.6 Å². The molecule has 2 atom stereocenters. The first-order chi connectivity index (χ1) is 14.5. The third kappa shape index (κ3) is 4.06. The zero-order valence-corrected chi connectivity index (χ0v) is 16.7. The van der Waals surface area contributed by atoms with E-state index in [0.29, 0.717) is 12.1 Å². The van der Waals surface area contributed by atoms with E-state index >= 15 is 0 Å². The van der Waals surface area contributed by atoms with Gasteiger partial charge in [-0.3, -0.25) is 0 Å². The van der Waals surface area contributed by atoms with Crippen LogP contribution in [-0.4, -0.2) is 12.6 Å². The maximum absolute atomic E-state index is 14.4. The Morgan fingerprint density at radius 3 is 2.07 bits per heavy atom.